The second-order valence-corrected chi connectivity index (χ2v) is 11.1. The van der Waals surface area contributed by atoms with Gasteiger partial charge in [0, 0.05) is 34.3 Å². The van der Waals surface area contributed by atoms with Crippen LogP contribution in [0.15, 0.2) is 70.7 Å². The first-order valence-corrected chi connectivity index (χ1v) is 12.6. The summed E-state index contributed by atoms with van der Waals surface area (Å²) in [5, 5.41) is 18.0. The van der Waals surface area contributed by atoms with Gasteiger partial charge in [0.25, 0.3) is 5.69 Å². The molecule has 0 saturated heterocycles. The minimum atomic E-state index is -0.500. The first-order chi connectivity index (χ1) is 17.6. The highest BCUT2D eigenvalue weighted by Gasteiger charge is 2.42. The van der Waals surface area contributed by atoms with Crippen molar-refractivity contribution in [1.82, 2.24) is 0 Å². The molecule has 1 N–H and O–H groups in total. The highest BCUT2D eigenvalue weighted by molar-refractivity contribution is 6.31. The molecule has 186 valence electrons. The molecule has 0 spiro atoms. The van der Waals surface area contributed by atoms with Crippen LogP contribution in [-0.4, -0.2) is 10.7 Å². The van der Waals surface area contributed by atoms with E-state index < -0.39 is 11.0 Å². The molecule has 6 rings (SSSR count). The highest BCUT2D eigenvalue weighted by Crippen LogP contribution is 2.52. The zero-order valence-corrected chi connectivity index (χ0v) is 21.5. The third kappa shape index (κ3) is 3.75. The summed E-state index contributed by atoms with van der Waals surface area (Å²) in [4.78, 5) is 25.0. The Labute approximate surface area is 219 Å². The van der Waals surface area contributed by atoms with Gasteiger partial charge in [0.15, 0.2) is 5.78 Å². The summed E-state index contributed by atoms with van der Waals surface area (Å²) in [6.45, 7) is 5.99. The zero-order valence-electron chi connectivity index (χ0n) is 20.7. The van der Waals surface area contributed by atoms with Gasteiger partial charge in [-0.3, -0.25) is 14.9 Å². The summed E-state index contributed by atoms with van der Waals surface area (Å²) >= 11 is 6.31. The number of ketones is 1. The maximum Gasteiger partial charge on any atom is 0.280 e. The molecule has 0 fully saturated rings. The quantitative estimate of drug-likeness (QED) is 0.220. The van der Waals surface area contributed by atoms with Crippen LogP contribution in [0, 0.1) is 22.5 Å². The number of benzene rings is 3. The number of hydrogen-bond acceptors (Lipinski definition) is 5. The molecule has 37 heavy (non-hydrogen) atoms. The van der Waals surface area contributed by atoms with Gasteiger partial charge in [-0.25, -0.2) is 0 Å². The zero-order chi connectivity index (χ0) is 26.1. The van der Waals surface area contributed by atoms with Crippen molar-refractivity contribution in [1.29, 1.82) is 0 Å². The van der Waals surface area contributed by atoms with Gasteiger partial charge in [0.05, 0.1) is 10.5 Å². The fourth-order valence-electron chi connectivity index (χ4n) is 5.83. The fraction of sp³-hybridized carbons (Fsp3) is 0.233. The third-order valence-corrected chi connectivity index (χ3v) is 7.88. The van der Waals surface area contributed by atoms with E-state index in [9.17, 15) is 14.9 Å². The lowest BCUT2D eigenvalue weighted by molar-refractivity contribution is -0.384. The monoisotopic (exact) mass is 512 g/mol. The van der Waals surface area contributed by atoms with Crippen molar-refractivity contribution in [2.45, 2.75) is 39.7 Å². The highest BCUT2D eigenvalue weighted by atomic mass is 35.5. The predicted octanol–water partition coefficient (Wildman–Crippen LogP) is 8.28. The molecule has 0 saturated carbocycles. The number of anilines is 1. The summed E-state index contributed by atoms with van der Waals surface area (Å²) in [5.41, 5.74) is 4.43. The number of fused-ring (bicyclic) bond motifs is 4. The molecule has 0 radical (unpaired) electrons. The second-order valence-electron chi connectivity index (χ2n) is 10.6. The number of rotatable bonds is 3. The van der Waals surface area contributed by atoms with E-state index in [-0.39, 0.29) is 16.9 Å². The summed E-state index contributed by atoms with van der Waals surface area (Å²) in [5.74, 6) is 0.965. The lowest BCUT2D eigenvalue weighted by Crippen LogP contribution is -2.33. The molecular weight excluding hydrogens is 488 g/mol. The normalized spacial score (nSPS) is 18.4. The van der Waals surface area contributed by atoms with Crippen molar-refractivity contribution in [3.05, 3.63) is 98.3 Å². The van der Waals surface area contributed by atoms with E-state index in [0.29, 0.717) is 39.7 Å². The van der Waals surface area contributed by atoms with Crippen molar-refractivity contribution in [2.75, 3.05) is 5.32 Å². The minimum Gasteiger partial charge on any atom is -0.458 e. The van der Waals surface area contributed by atoms with Crippen LogP contribution < -0.4 is 5.32 Å². The first-order valence-electron chi connectivity index (χ1n) is 12.2. The van der Waals surface area contributed by atoms with Gasteiger partial charge in [-0.15, -0.1) is 0 Å². The van der Waals surface area contributed by atoms with E-state index in [0.717, 1.165) is 34.0 Å². The number of nitrogens with one attached hydrogen (secondary N) is 1. The van der Waals surface area contributed by atoms with Crippen molar-refractivity contribution in [2.24, 2.45) is 5.41 Å². The number of nitro groups is 1. The van der Waals surface area contributed by atoms with Crippen LogP contribution in [0.2, 0.25) is 5.02 Å². The van der Waals surface area contributed by atoms with Gasteiger partial charge in [-0.2, -0.15) is 0 Å². The summed E-state index contributed by atoms with van der Waals surface area (Å²) in [7, 11) is 0. The topological polar surface area (TPSA) is 85.4 Å². The fourth-order valence-corrected chi connectivity index (χ4v) is 5.99. The van der Waals surface area contributed by atoms with Gasteiger partial charge in [0.2, 0.25) is 0 Å². The van der Waals surface area contributed by atoms with Crippen LogP contribution >= 0.6 is 11.6 Å². The van der Waals surface area contributed by atoms with E-state index >= 15 is 0 Å². The number of carbonyl (C=O) groups excluding carboxylic acids is 1. The van der Waals surface area contributed by atoms with Crippen LogP contribution in [0.4, 0.5) is 11.4 Å². The largest absolute Gasteiger partial charge is 0.458 e. The molecular formula is C30H25ClN2O4. The van der Waals surface area contributed by atoms with E-state index in [1.807, 2.05) is 12.1 Å². The van der Waals surface area contributed by atoms with E-state index in [1.54, 1.807) is 19.1 Å². The van der Waals surface area contributed by atoms with Gasteiger partial charge in [-0.1, -0.05) is 55.8 Å². The molecule has 1 unspecified atom stereocenters. The predicted molar refractivity (Wildman–Crippen MR) is 146 cm³/mol. The van der Waals surface area contributed by atoms with Gasteiger partial charge in [0.1, 0.15) is 17.6 Å². The molecule has 4 aromatic rings. The minimum absolute atomic E-state index is 0.0772. The lowest BCUT2D eigenvalue weighted by Gasteiger charge is -2.39. The molecule has 1 aliphatic heterocycles. The number of halogens is 1. The van der Waals surface area contributed by atoms with E-state index in [2.05, 4.69) is 43.4 Å². The smallest absolute Gasteiger partial charge is 0.280 e. The number of nitrogens with zero attached hydrogens (tertiary/aromatic N) is 1. The Morgan fingerprint density at radius 3 is 2.59 bits per heavy atom. The summed E-state index contributed by atoms with van der Waals surface area (Å²) in [6, 6.07) is 18.3. The van der Waals surface area contributed by atoms with Crippen LogP contribution in [-0.2, 0) is 4.79 Å². The molecule has 7 heteroatoms. The Morgan fingerprint density at radius 2 is 1.81 bits per heavy atom. The third-order valence-electron chi connectivity index (χ3n) is 7.47. The average molecular weight is 513 g/mol. The van der Waals surface area contributed by atoms with Gasteiger partial charge >= 0.3 is 0 Å². The molecule has 0 bridgehead atoms. The Kier molecular flexibility index (Phi) is 5.28. The summed E-state index contributed by atoms with van der Waals surface area (Å²) < 4.78 is 6.28. The van der Waals surface area contributed by atoms with E-state index in [4.69, 9.17) is 16.0 Å². The molecule has 6 nitrogen and oxygen atoms in total. The Morgan fingerprint density at radius 1 is 1.03 bits per heavy atom. The molecule has 0 amide bonds. The number of furan rings is 1. The lowest BCUT2D eigenvalue weighted by atomic mass is 9.68. The van der Waals surface area contributed by atoms with Crippen molar-refractivity contribution in [3.8, 4) is 11.3 Å². The van der Waals surface area contributed by atoms with Crippen LogP contribution in [0.3, 0.4) is 0 Å². The maximum absolute atomic E-state index is 13.6. The number of hydrogen-bond donors (Lipinski definition) is 1. The Balaban J connectivity index is 1.54. The molecule has 3 aromatic carbocycles. The molecule has 2 aliphatic rings. The number of Topliss-reactive ketones (excluding diaryl/α,β-unsaturated/α-hetero) is 1. The van der Waals surface area contributed by atoms with Crippen LogP contribution in [0.1, 0.15) is 49.6 Å². The SMILES string of the molecule is Cc1c(Cl)ccc([N+](=O)[O-])c1-c1ccc(C2Nc3ccc4ccccc4c3C3=C2C(=O)CC(C)(C)C3)o1. The van der Waals surface area contributed by atoms with Crippen molar-refractivity contribution in [3.63, 3.8) is 0 Å². The van der Waals surface area contributed by atoms with Crippen molar-refractivity contribution < 1.29 is 14.1 Å². The van der Waals surface area contributed by atoms with Crippen molar-refractivity contribution >= 4 is 45.1 Å². The summed E-state index contributed by atoms with van der Waals surface area (Å²) in [6.07, 6.45) is 1.20. The first kappa shape index (κ1) is 23.5. The van der Waals surface area contributed by atoms with Gasteiger partial charge < -0.3 is 9.73 Å². The molecule has 1 aromatic heterocycles. The second kappa shape index (κ2) is 8.32. The molecule has 2 heterocycles. The number of carbonyl (C=O) groups is 1. The number of allylic oxidation sites excluding steroid dienone is 1. The van der Waals surface area contributed by atoms with E-state index in [1.165, 1.54) is 12.1 Å². The van der Waals surface area contributed by atoms with Crippen LogP contribution in [0.25, 0.3) is 27.7 Å². The molecule has 1 aliphatic carbocycles. The van der Waals surface area contributed by atoms with Crippen LogP contribution in [0.5, 0.6) is 0 Å². The Hall–Kier alpha value is -3.90. The van der Waals surface area contributed by atoms with Gasteiger partial charge in [-0.05, 0) is 64.9 Å². The Bertz CT molecular complexity index is 1660. The molecule has 1 atom stereocenters. The standard InChI is InChI=1S/C30H25ClN2O4/c1-16-20(31)9-11-22(33(35)36)26(16)24-12-13-25(37-24)29-28-19(14-30(2,3)15-23(28)34)27-18-7-5-4-6-17(18)8-10-21(27)32-29/h4-13,29,32H,14-15H2,1-3H3. The number of nitro benzene ring substituents is 1. The average Bonchev–Trinajstić information content (AvgIpc) is 3.33. The maximum atomic E-state index is 13.6.